The Morgan fingerprint density at radius 2 is 2.08 bits per heavy atom. The van der Waals surface area contributed by atoms with Gasteiger partial charge in [-0.15, -0.1) is 0 Å². The number of aliphatic hydroxyl groups excluding tert-OH is 1. The predicted molar refractivity (Wildman–Crippen MR) is 45.5 cm³/mol. The first-order chi connectivity index (χ1) is 5.49. The fourth-order valence-corrected chi connectivity index (χ4v) is 0.780. The Morgan fingerprint density at radius 1 is 1.58 bits per heavy atom. The molecule has 0 aliphatic rings. The highest BCUT2D eigenvalue weighted by Crippen LogP contribution is 2.07. The number of ether oxygens (including phenoxy) is 1. The molecule has 0 heterocycles. The van der Waals surface area contributed by atoms with E-state index in [-0.39, 0.29) is 12.3 Å². The molecule has 0 aromatic carbocycles. The van der Waals surface area contributed by atoms with Gasteiger partial charge in [0.05, 0.1) is 13.2 Å². The smallest absolute Gasteiger partial charge is 0.322 e. The van der Waals surface area contributed by atoms with Crippen molar-refractivity contribution in [2.24, 2.45) is 11.7 Å². The molecule has 4 nitrogen and oxygen atoms in total. The van der Waals surface area contributed by atoms with Crippen LogP contribution >= 0.6 is 0 Å². The lowest BCUT2D eigenvalue weighted by molar-refractivity contribution is -0.143. The molecule has 0 aliphatic carbocycles. The molecular formula is C8H17NO3. The van der Waals surface area contributed by atoms with Crippen molar-refractivity contribution < 1.29 is 14.6 Å². The van der Waals surface area contributed by atoms with Gasteiger partial charge in [0.15, 0.2) is 0 Å². The van der Waals surface area contributed by atoms with Crippen LogP contribution in [0.5, 0.6) is 0 Å². The molecule has 2 unspecified atom stereocenters. The van der Waals surface area contributed by atoms with Gasteiger partial charge < -0.3 is 15.6 Å². The third-order valence-corrected chi connectivity index (χ3v) is 1.77. The maximum Gasteiger partial charge on any atom is 0.322 e. The van der Waals surface area contributed by atoms with Gasteiger partial charge in [0.1, 0.15) is 6.04 Å². The molecule has 0 saturated carbocycles. The van der Waals surface area contributed by atoms with Crippen LogP contribution in [0.2, 0.25) is 0 Å². The van der Waals surface area contributed by atoms with E-state index in [1.54, 1.807) is 0 Å². The number of carbonyl (C=O) groups is 1. The Bertz CT molecular complexity index is 147. The molecule has 0 radical (unpaired) electrons. The second kappa shape index (κ2) is 5.11. The fourth-order valence-electron chi connectivity index (χ4n) is 0.780. The van der Waals surface area contributed by atoms with Crippen LogP contribution in [0, 0.1) is 5.92 Å². The van der Waals surface area contributed by atoms with Gasteiger partial charge in [-0.05, 0) is 12.3 Å². The lowest BCUT2D eigenvalue weighted by Crippen LogP contribution is -2.36. The van der Waals surface area contributed by atoms with Crippen molar-refractivity contribution in [3.63, 3.8) is 0 Å². The third-order valence-electron chi connectivity index (χ3n) is 1.77. The van der Waals surface area contributed by atoms with Crippen molar-refractivity contribution in [2.45, 2.75) is 32.4 Å². The van der Waals surface area contributed by atoms with E-state index in [1.807, 2.05) is 13.8 Å². The van der Waals surface area contributed by atoms with Crippen molar-refractivity contribution in [2.75, 3.05) is 7.11 Å². The predicted octanol–water partition coefficient (Wildman–Crippen LogP) is -0.106. The number of rotatable bonds is 4. The van der Waals surface area contributed by atoms with Crippen LogP contribution in [0.25, 0.3) is 0 Å². The zero-order chi connectivity index (χ0) is 9.72. The summed E-state index contributed by atoms with van der Waals surface area (Å²) in [7, 11) is 1.28. The second-order valence-electron chi connectivity index (χ2n) is 3.18. The lowest BCUT2D eigenvalue weighted by atomic mass is 10.0. The summed E-state index contributed by atoms with van der Waals surface area (Å²) in [6.45, 7) is 3.74. The highest BCUT2D eigenvalue weighted by Gasteiger charge is 2.19. The van der Waals surface area contributed by atoms with Crippen molar-refractivity contribution in [1.29, 1.82) is 0 Å². The van der Waals surface area contributed by atoms with Crippen LogP contribution in [-0.2, 0) is 9.53 Å². The van der Waals surface area contributed by atoms with E-state index in [4.69, 9.17) is 5.73 Å². The van der Waals surface area contributed by atoms with Crippen LogP contribution in [-0.4, -0.2) is 30.3 Å². The van der Waals surface area contributed by atoms with E-state index >= 15 is 0 Å². The average Bonchev–Trinajstić information content (AvgIpc) is 2.02. The van der Waals surface area contributed by atoms with Crippen LogP contribution < -0.4 is 5.73 Å². The topological polar surface area (TPSA) is 72.5 Å². The second-order valence-corrected chi connectivity index (χ2v) is 3.18. The number of aliphatic hydroxyl groups is 1. The number of nitrogens with two attached hydrogens (primary N) is 1. The van der Waals surface area contributed by atoms with Crippen molar-refractivity contribution in [3.8, 4) is 0 Å². The van der Waals surface area contributed by atoms with Crippen molar-refractivity contribution >= 4 is 5.97 Å². The largest absolute Gasteiger partial charge is 0.468 e. The minimum atomic E-state index is -0.715. The van der Waals surface area contributed by atoms with Gasteiger partial charge in [-0.25, -0.2) is 0 Å². The highest BCUT2D eigenvalue weighted by atomic mass is 16.5. The summed E-state index contributed by atoms with van der Waals surface area (Å²) in [5.74, 6) is -0.365. The molecule has 0 rings (SSSR count). The lowest BCUT2D eigenvalue weighted by Gasteiger charge is -2.17. The summed E-state index contributed by atoms with van der Waals surface area (Å²) in [4.78, 5) is 10.8. The number of methoxy groups -OCH3 is 1. The molecule has 0 amide bonds. The molecule has 0 saturated heterocycles. The van der Waals surface area contributed by atoms with Crippen molar-refractivity contribution in [3.05, 3.63) is 0 Å². The Hall–Kier alpha value is -0.610. The summed E-state index contributed by atoms with van der Waals surface area (Å²) in [5.41, 5.74) is 5.43. The van der Waals surface area contributed by atoms with Gasteiger partial charge >= 0.3 is 5.97 Å². The quantitative estimate of drug-likeness (QED) is 0.585. The SMILES string of the molecule is COC(=O)C(N)CC(O)C(C)C. The first-order valence-electron chi connectivity index (χ1n) is 4.00. The highest BCUT2D eigenvalue weighted by molar-refractivity contribution is 5.75. The first-order valence-corrected chi connectivity index (χ1v) is 4.00. The molecule has 12 heavy (non-hydrogen) atoms. The first kappa shape index (κ1) is 11.4. The van der Waals surface area contributed by atoms with E-state index in [1.165, 1.54) is 7.11 Å². The average molecular weight is 175 g/mol. The molecule has 0 bridgehead atoms. The van der Waals surface area contributed by atoms with E-state index in [9.17, 15) is 9.90 Å². The number of esters is 1. The van der Waals surface area contributed by atoms with Crippen molar-refractivity contribution in [1.82, 2.24) is 0 Å². The maximum atomic E-state index is 10.8. The maximum absolute atomic E-state index is 10.8. The summed E-state index contributed by atoms with van der Waals surface area (Å²) in [5, 5.41) is 9.35. The minimum absolute atomic E-state index is 0.112. The standard InChI is InChI=1S/C8H17NO3/c1-5(2)7(10)4-6(9)8(11)12-3/h5-7,10H,4,9H2,1-3H3. The van der Waals surface area contributed by atoms with E-state index in [2.05, 4.69) is 4.74 Å². The molecule has 2 atom stereocenters. The zero-order valence-corrected chi connectivity index (χ0v) is 7.78. The Labute approximate surface area is 72.7 Å². The Kier molecular flexibility index (Phi) is 4.85. The normalized spacial score (nSPS) is 15.8. The van der Waals surface area contributed by atoms with Gasteiger partial charge in [-0.1, -0.05) is 13.8 Å². The van der Waals surface area contributed by atoms with Crippen LogP contribution in [0.1, 0.15) is 20.3 Å². The molecular weight excluding hydrogens is 158 g/mol. The van der Waals surface area contributed by atoms with E-state index in [0.717, 1.165) is 0 Å². The molecule has 72 valence electrons. The molecule has 3 N–H and O–H groups in total. The molecule has 4 heteroatoms. The van der Waals surface area contributed by atoms with Crippen LogP contribution in [0.4, 0.5) is 0 Å². The summed E-state index contributed by atoms with van der Waals surface area (Å²) in [6.07, 6.45) is -0.288. The summed E-state index contributed by atoms with van der Waals surface area (Å²) < 4.78 is 4.42. The number of carbonyl (C=O) groups excluding carboxylic acids is 1. The van der Waals surface area contributed by atoms with Gasteiger partial charge in [0, 0.05) is 0 Å². The monoisotopic (exact) mass is 175 g/mol. The Balaban J connectivity index is 3.83. The van der Waals surface area contributed by atoms with Gasteiger partial charge in [0.2, 0.25) is 0 Å². The summed E-state index contributed by atoms with van der Waals surface area (Å²) in [6, 6.07) is -0.715. The van der Waals surface area contributed by atoms with E-state index in [0.29, 0.717) is 0 Å². The zero-order valence-electron chi connectivity index (χ0n) is 7.78. The van der Waals surface area contributed by atoms with Crippen LogP contribution in [0.15, 0.2) is 0 Å². The molecule has 0 aromatic rings. The summed E-state index contributed by atoms with van der Waals surface area (Å²) >= 11 is 0. The number of hydrogen-bond donors (Lipinski definition) is 2. The Morgan fingerprint density at radius 3 is 2.42 bits per heavy atom. The number of hydrogen-bond acceptors (Lipinski definition) is 4. The molecule has 0 aromatic heterocycles. The van der Waals surface area contributed by atoms with Gasteiger partial charge in [0.25, 0.3) is 0 Å². The van der Waals surface area contributed by atoms with E-state index < -0.39 is 18.1 Å². The molecule has 0 fully saturated rings. The molecule has 0 aliphatic heterocycles. The van der Waals surface area contributed by atoms with Crippen LogP contribution in [0.3, 0.4) is 0 Å². The van der Waals surface area contributed by atoms with Gasteiger partial charge in [-0.2, -0.15) is 0 Å². The fraction of sp³-hybridized carbons (Fsp3) is 0.875. The minimum Gasteiger partial charge on any atom is -0.468 e. The molecule has 0 spiro atoms. The third kappa shape index (κ3) is 3.69. The van der Waals surface area contributed by atoms with Gasteiger partial charge in [-0.3, -0.25) is 4.79 Å².